The van der Waals surface area contributed by atoms with Crippen molar-refractivity contribution >= 4 is 0 Å². The van der Waals surface area contributed by atoms with E-state index in [1.165, 1.54) is 11.1 Å². The van der Waals surface area contributed by atoms with Crippen LogP contribution in [0.3, 0.4) is 0 Å². The second kappa shape index (κ2) is 5.13. The molecule has 0 aliphatic carbocycles. The number of rotatable bonds is 4. The highest BCUT2D eigenvalue weighted by atomic mass is 16.3. The molecule has 0 spiro atoms. The smallest absolute Gasteiger partial charge is 0.0618 e. The number of hydrogen-bond acceptors (Lipinski definition) is 2. The monoisotopic (exact) mass is 193 g/mol. The molecule has 0 amide bonds. The lowest BCUT2D eigenvalue weighted by atomic mass is 9.89. The SMILES string of the molecule is CCC(O)C(CN)c1ccccc1C. The standard InChI is InChI=1S/C12H19NO/c1-3-12(14)11(8-13)10-7-5-4-6-9(10)2/h4-7,11-12,14H,3,8,13H2,1-2H3. The summed E-state index contributed by atoms with van der Waals surface area (Å²) in [5.74, 6) is 0.0706. The van der Waals surface area contributed by atoms with Crippen molar-refractivity contribution in [1.29, 1.82) is 0 Å². The van der Waals surface area contributed by atoms with Crippen molar-refractivity contribution in [3.63, 3.8) is 0 Å². The molecule has 0 aromatic heterocycles. The number of aliphatic hydroxyl groups excluding tert-OH is 1. The molecule has 0 fully saturated rings. The van der Waals surface area contributed by atoms with Crippen LogP contribution in [-0.2, 0) is 0 Å². The molecule has 0 heterocycles. The Morgan fingerprint density at radius 1 is 1.36 bits per heavy atom. The number of aryl methyl sites for hydroxylation is 1. The van der Waals surface area contributed by atoms with Crippen molar-refractivity contribution < 1.29 is 5.11 Å². The average molecular weight is 193 g/mol. The third-order valence-corrected chi connectivity index (χ3v) is 2.72. The van der Waals surface area contributed by atoms with Crippen LogP contribution in [0, 0.1) is 6.92 Å². The van der Waals surface area contributed by atoms with Crippen molar-refractivity contribution in [3.8, 4) is 0 Å². The highest BCUT2D eigenvalue weighted by molar-refractivity contribution is 5.30. The van der Waals surface area contributed by atoms with E-state index in [4.69, 9.17) is 5.73 Å². The predicted octanol–water partition coefficient (Wildman–Crippen LogP) is 1.81. The first-order valence-electron chi connectivity index (χ1n) is 5.14. The maximum Gasteiger partial charge on any atom is 0.0618 e. The van der Waals surface area contributed by atoms with Gasteiger partial charge in [0, 0.05) is 12.5 Å². The number of aliphatic hydroxyl groups is 1. The summed E-state index contributed by atoms with van der Waals surface area (Å²) < 4.78 is 0. The lowest BCUT2D eigenvalue weighted by molar-refractivity contribution is 0.141. The Morgan fingerprint density at radius 2 is 2.00 bits per heavy atom. The van der Waals surface area contributed by atoms with Crippen LogP contribution in [-0.4, -0.2) is 17.8 Å². The van der Waals surface area contributed by atoms with Crippen LogP contribution in [0.2, 0.25) is 0 Å². The zero-order valence-corrected chi connectivity index (χ0v) is 8.90. The molecule has 2 heteroatoms. The molecule has 0 radical (unpaired) electrons. The van der Waals surface area contributed by atoms with Gasteiger partial charge in [-0.05, 0) is 24.5 Å². The van der Waals surface area contributed by atoms with E-state index in [0.717, 1.165) is 6.42 Å². The molecule has 0 saturated heterocycles. The fourth-order valence-corrected chi connectivity index (χ4v) is 1.78. The Morgan fingerprint density at radius 3 is 2.50 bits per heavy atom. The molecule has 0 aliphatic rings. The number of nitrogens with two attached hydrogens (primary N) is 1. The third kappa shape index (κ3) is 2.34. The van der Waals surface area contributed by atoms with E-state index < -0.39 is 0 Å². The van der Waals surface area contributed by atoms with Gasteiger partial charge in [0.05, 0.1) is 6.10 Å². The van der Waals surface area contributed by atoms with Gasteiger partial charge in [-0.15, -0.1) is 0 Å². The Labute approximate surface area is 85.8 Å². The van der Waals surface area contributed by atoms with Crippen LogP contribution < -0.4 is 5.73 Å². The first kappa shape index (κ1) is 11.2. The highest BCUT2D eigenvalue weighted by Gasteiger charge is 2.19. The Kier molecular flexibility index (Phi) is 4.11. The Balaban J connectivity index is 2.94. The summed E-state index contributed by atoms with van der Waals surface area (Å²) in [7, 11) is 0. The molecule has 1 rings (SSSR count). The zero-order chi connectivity index (χ0) is 10.6. The Hall–Kier alpha value is -0.860. The summed E-state index contributed by atoms with van der Waals surface area (Å²) in [6, 6.07) is 8.10. The largest absolute Gasteiger partial charge is 0.392 e. The maximum atomic E-state index is 9.82. The summed E-state index contributed by atoms with van der Waals surface area (Å²) in [4.78, 5) is 0. The molecule has 0 bridgehead atoms. The van der Waals surface area contributed by atoms with E-state index in [1.807, 2.05) is 25.1 Å². The van der Waals surface area contributed by atoms with Gasteiger partial charge in [-0.25, -0.2) is 0 Å². The van der Waals surface area contributed by atoms with E-state index in [0.29, 0.717) is 6.54 Å². The molecular weight excluding hydrogens is 174 g/mol. The van der Waals surface area contributed by atoms with Crippen molar-refractivity contribution in [2.75, 3.05) is 6.54 Å². The van der Waals surface area contributed by atoms with Crippen LogP contribution in [0.1, 0.15) is 30.4 Å². The van der Waals surface area contributed by atoms with Gasteiger partial charge in [-0.2, -0.15) is 0 Å². The molecule has 2 unspecified atom stereocenters. The molecular formula is C12H19NO. The van der Waals surface area contributed by atoms with E-state index in [9.17, 15) is 5.11 Å². The summed E-state index contributed by atoms with van der Waals surface area (Å²) in [5.41, 5.74) is 8.06. The zero-order valence-electron chi connectivity index (χ0n) is 8.90. The molecule has 0 aliphatic heterocycles. The van der Waals surface area contributed by atoms with Gasteiger partial charge < -0.3 is 10.8 Å². The molecule has 78 valence electrons. The van der Waals surface area contributed by atoms with Gasteiger partial charge in [-0.1, -0.05) is 31.2 Å². The van der Waals surface area contributed by atoms with Crippen molar-refractivity contribution in [2.24, 2.45) is 5.73 Å². The van der Waals surface area contributed by atoms with Crippen LogP contribution >= 0.6 is 0 Å². The lowest BCUT2D eigenvalue weighted by Crippen LogP contribution is -2.25. The summed E-state index contributed by atoms with van der Waals surface area (Å²) in [6.45, 7) is 4.53. The molecule has 0 saturated carbocycles. The molecule has 3 N–H and O–H groups in total. The van der Waals surface area contributed by atoms with E-state index in [1.54, 1.807) is 0 Å². The van der Waals surface area contributed by atoms with E-state index in [-0.39, 0.29) is 12.0 Å². The maximum absolute atomic E-state index is 9.82. The number of hydrogen-bond donors (Lipinski definition) is 2. The van der Waals surface area contributed by atoms with Crippen molar-refractivity contribution in [3.05, 3.63) is 35.4 Å². The predicted molar refractivity (Wildman–Crippen MR) is 59.3 cm³/mol. The average Bonchev–Trinajstić information content (AvgIpc) is 2.21. The third-order valence-electron chi connectivity index (χ3n) is 2.72. The van der Waals surface area contributed by atoms with Crippen LogP contribution in [0.5, 0.6) is 0 Å². The summed E-state index contributed by atoms with van der Waals surface area (Å²) >= 11 is 0. The Bertz CT molecular complexity index is 285. The second-order valence-electron chi connectivity index (χ2n) is 3.67. The van der Waals surface area contributed by atoms with Crippen molar-refractivity contribution in [2.45, 2.75) is 32.3 Å². The van der Waals surface area contributed by atoms with Crippen LogP contribution in [0.25, 0.3) is 0 Å². The lowest BCUT2D eigenvalue weighted by Gasteiger charge is -2.22. The van der Waals surface area contributed by atoms with Gasteiger partial charge in [0.1, 0.15) is 0 Å². The fourth-order valence-electron chi connectivity index (χ4n) is 1.78. The van der Waals surface area contributed by atoms with Gasteiger partial charge in [0.2, 0.25) is 0 Å². The topological polar surface area (TPSA) is 46.2 Å². The first-order valence-corrected chi connectivity index (χ1v) is 5.14. The minimum atomic E-state index is -0.332. The molecule has 2 atom stereocenters. The normalized spacial score (nSPS) is 15.1. The highest BCUT2D eigenvalue weighted by Crippen LogP contribution is 2.23. The van der Waals surface area contributed by atoms with Gasteiger partial charge in [0.25, 0.3) is 0 Å². The fraction of sp³-hybridized carbons (Fsp3) is 0.500. The second-order valence-corrected chi connectivity index (χ2v) is 3.67. The van der Waals surface area contributed by atoms with Crippen molar-refractivity contribution in [1.82, 2.24) is 0 Å². The van der Waals surface area contributed by atoms with Crippen LogP contribution in [0.15, 0.2) is 24.3 Å². The first-order chi connectivity index (χ1) is 6.70. The van der Waals surface area contributed by atoms with Gasteiger partial charge in [0.15, 0.2) is 0 Å². The number of benzene rings is 1. The van der Waals surface area contributed by atoms with E-state index >= 15 is 0 Å². The molecule has 1 aromatic rings. The summed E-state index contributed by atoms with van der Waals surface area (Å²) in [5, 5.41) is 9.82. The van der Waals surface area contributed by atoms with Gasteiger partial charge >= 0.3 is 0 Å². The quantitative estimate of drug-likeness (QED) is 0.766. The molecule has 1 aromatic carbocycles. The summed E-state index contributed by atoms with van der Waals surface area (Å²) in [6.07, 6.45) is 0.414. The molecule has 2 nitrogen and oxygen atoms in total. The van der Waals surface area contributed by atoms with Gasteiger partial charge in [-0.3, -0.25) is 0 Å². The minimum absolute atomic E-state index is 0.0706. The molecule has 14 heavy (non-hydrogen) atoms. The van der Waals surface area contributed by atoms with Crippen LogP contribution in [0.4, 0.5) is 0 Å². The van der Waals surface area contributed by atoms with E-state index in [2.05, 4.69) is 13.0 Å². The minimum Gasteiger partial charge on any atom is -0.392 e.